The summed E-state index contributed by atoms with van der Waals surface area (Å²) in [6, 6.07) is 5.98. The van der Waals surface area contributed by atoms with Gasteiger partial charge in [0.2, 0.25) is 11.6 Å². The van der Waals surface area contributed by atoms with Crippen LogP contribution in [0.3, 0.4) is 0 Å². The molecule has 3 aromatic rings. The highest BCUT2D eigenvalue weighted by Crippen LogP contribution is 2.26. The van der Waals surface area contributed by atoms with Crippen LogP contribution in [0.4, 0.5) is 4.39 Å². The molecule has 0 bridgehead atoms. The molecule has 0 radical (unpaired) electrons. The van der Waals surface area contributed by atoms with Crippen LogP contribution in [-0.4, -0.2) is 20.1 Å². The van der Waals surface area contributed by atoms with E-state index in [1.807, 2.05) is 0 Å². The van der Waals surface area contributed by atoms with Gasteiger partial charge in [-0.15, -0.1) is 0 Å². The van der Waals surface area contributed by atoms with Gasteiger partial charge < -0.3 is 20.2 Å². The van der Waals surface area contributed by atoms with Crippen LogP contribution in [-0.2, 0) is 12.0 Å². The third-order valence-corrected chi connectivity index (χ3v) is 3.55. The van der Waals surface area contributed by atoms with Crippen LogP contribution in [0.2, 0.25) is 0 Å². The number of hydrogen-bond acceptors (Lipinski definition) is 6. The molecular weight excluding hydrogens is 327 g/mol. The largest absolute Gasteiger partial charge is 0.501 e. The lowest BCUT2D eigenvalue weighted by Gasteiger charge is -2.17. The molecule has 0 saturated carbocycles. The monoisotopic (exact) mass is 344 g/mol. The SMILES string of the molecule is CC(C)(N)c1nc(-c2ncc(Cc3ccc(F)cc3)o2)c(O)c(=O)[nH]1. The van der Waals surface area contributed by atoms with Crippen molar-refractivity contribution < 1.29 is 13.9 Å². The Morgan fingerprint density at radius 2 is 2.00 bits per heavy atom. The van der Waals surface area contributed by atoms with E-state index in [4.69, 9.17) is 10.2 Å². The third kappa shape index (κ3) is 3.58. The zero-order valence-corrected chi connectivity index (χ0v) is 13.7. The normalized spacial score (nSPS) is 11.7. The van der Waals surface area contributed by atoms with Gasteiger partial charge in [-0.3, -0.25) is 4.79 Å². The maximum atomic E-state index is 13.0. The molecule has 3 rings (SSSR count). The van der Waals surface area contributed by atoms with E-state index in [0.29, 0.717) is 12.2 Å². The van der Waals surface area contributed by atoms with E-state index in [1.54, 1.807) is 26.0 Å². The van der Waals surface area contributed by atoms with E-state index in [0.717, 1.165) is 5.56 Å². The summed E-state index contributed by atoms with van der Waals surface area (Å²) >= 11 is 0. The molecule has 0 aliphatic rings. The first-order valence-electron chi connectivity index (χ1n) is 7.56. The van der Waals surface area contributed by atoms with E-state index >= 15 is 0 Å². The summed E-state index contributed by atoms with van der Waals surface area (Å²) in [7, 11) is 0. The van der Waals surface area contributed by atoms with E-state index < -0.39 is 16.8 Å². The van der Waals surface area contributed by atoms with Crippen molar-refractivity contribution in [3.8, 4) is 17.3 Å². The van der Waals surface area contributed by atoms with E-state index in [9.17, 15) is 14.3 Å². The van der Waals surface area contributed by atoms with E-state index in [2.05, 4.69) is 15.0 Å². The Kier molecular flexibility index (Phi) is 4.13. The molecule has 0 atom stereocenters. The molecule has 7 nitrogen and oxygen atoms in total. The third-order valence-electron chi connectivity index (χ3n) is 3.55. The predicted molar refractivity (Wildman–Crippen MR) is 88.4 cm³/mol. The Bertz CT molecular complexity index is 955. The van der Waals surface area contributed by atoms with Crippen molar-refractivity contribution in [2.24, 2.45) is 5.73 Å². The molecule has 1 aromatic carbocycles. The molecule has 25 heavy (non-hydrogen) atoms. The van der Waals surface area contributed by atoms with Crippen LogP contribution in [0.1, 0.15) is 31.0 Å². The van der Waals surface area contributed by atoms with Gasteiger partial charge in [-0.1, -0.05) is 12.1 Å². The number of halogens is 1. The number of aromatic hydroxyl groups is 1. The minimum Gasteiger partial charge on any atom is -0.501 e. The number of aromatic amines is 1. The van der Waals surface area contributed by atoms with Gasteiger partial charge in [-0.2, -0.15) is 0 Å². The molecule has 0 unspecified atom stereocenters. The summed E-state index contributed by atoms with van der Waals surface area (Å²) in [5.41, 5.74) is 5.06. The molecule has 8 heteroatoms. The number of nitrogens with two attached hydrogens (primary N) is 1. The minimum atomic E-state index is -0.912. The number of nitrogens with one attached hydrogen (secondary N) is 1. The summed E-state index contributed by atoms with van der Waals surface area (Å²) < 4.78 is 18.5. The molecular formula is C17H17FN4O3. The smallest absolute Gasteiger partial charge is 0.293 e. The first-order chi connectivity index (χ1) is 11.7. The lowest BCUT2D eigenvalue weighted by molar-refractivity contribution is 0.447. The number of rotatable bonds is 4. The molecule has 0 aliphatic heterocycles. The molecule has 0 fully saturated rings. The second-order valence-corrected chi connectivity index (χ2v) is 6.27. The number of benzene rings is 1. The van der Waals surface area contributed by atoms with Crippen molar-refractivity contribution in [3.63, 3.8) is 0 Å². The second-order valence-electron chi connectivity index (χ2n) is 6.27. The van der Waals surface area contributed by atoms with Crippen LogP contribution < -0.4 is 11.3 Å². The Balaban J connectivity index is 1.95. The lowest BCUT2D eigenvalue weighted by Crippen LogP contribution is -2.33. The van der Waals surface area contributed by atoms with Crippen molar-refractivity contribution in [2.75, 3.05) is 0 Å². The lowest BCUT2D eigenvalue weighted by atomic mass is 10.1. The van der Waals surface area contributed by atoms with Gasteiger partial charge in [-0.05, 0) is 31.5 Å². The maximum Gasteiger partial charge on any atom is 0.293 e. The topological polar surface area (TPSA) is 118 Å². The Morgan fingerprint density at radius 3 is 2.64 bits per heavy atom. The molecule has 2 heterocycles. The van der Waals surface area contributed by atoms with Crippen LogP contribution in [0.15, 0.2) is 39.7 Å². The second kappa shape index (κ2) is 6.14. The van der Waals surface area contributed by atoms with Gasteiger partial charge in [0.1, 0.15) is 17.4 Å². The van der Waals surface area contributed by atoms with Crippen molar-refractivity contribution in [1.82, 2.24) is 15.0 Å². The molecule has 0 saturated heterocycles. The van der Waals surface area contributed by atoms with Crippen LogP contribution in [0, 0.1) is 5.82 Å². The van der Waals surface area contributed by atoms with Gasteiger partial charge in [-0.25, -0.2) is 14.4 Å². The standard InChI is InChI=1S/C17H17FN4O3/c1-17(2,19)16-21-12(13(23)14(24)22-16)15-20-8-11(25-15)7-9-3-5-10(18)6-4-9/h3-6,8,23H,7,19H2,1-2H3,(H,21,22,24). The number of H-pyrrole nitrogens is 1. The van der Waals surface area contributed by atoms with E-state index in [1.165, 1.54) is 18.3 Å². The molecule has 130 valence electrons. The summed E-state index contributed by atoms with van der Waals surface area (Å²) in [5, 5.41) is 9.98. The molecule has 0 aliphatic carbocycles. The highest BCUT2D eigenvalue weighted by Gasteiger charge is 2.23. The predicted octanol–water partition coefficient (Wildman–Crippen LogP) is 2.05. The van der Waals surface area contributed by atoms with Crippen molar-refractivity contribution in [2.45, 2.75) is 25.8 Å². The Hall–Kier alpha value is -3.00. The number of hydrogen-bond donors (Lipinski definition) is 3. The number of oxazole rings is 1. The molecule has 4 N–H and O–H groups in total. The summed E-state index contributed by atoms with van der Waals surface area (Å²) in [5.74, 6) is -0.230. The molecule has 0 spiro atoms. The molecule has 0 amide bonds. The highest BCUT2D eigenvalue weighted by molar-refractivity contribution is 5.56. The van der Waals surface area contributed by atoms with Gasteiger partial charge in [0.25, 0.3) is 5.56 Å². The number of aromatic nitrogens is 3. The Morgan fingerprint density at radius 1 is 1.32 bits per heavy atom. The highest BCUT2D eigenvalue weighted by atomic mass is 19.1. The van der Waals surface area contributed by atoms with Crippen molar-refractivity contribution >= 4 is 0 Å². The average molecular weight is 344 g/mol. The van der Waals surface area contributed by atoms with Gasteiger partial charge >= 0.3 is 0 Å². The quantitative estimate of drug-likeness (QED) is 0.667. The van der Waals surface area contributed by atoms with Gasteiger partial charge in [0.05, 0.1) is 11.7 Å². The van der Waals surface area contributed by atoms with Crippen LogP contribution in [0.25, 0.3) is 11.6 Å². The fourth-order valence-corrected chi connectivity index (χ4v) is 2.22. The minimum absolute atomic E-state index is 0.00575. The zero-order valence-electron chi connectivity index (χ0n) is 13.7. The van der Waals surface area contributed by atoms with E-state index in [-0.39, 0.29) is 23.2 Å². The summed E-state index contributed by atoms with van der Waals surface area (Å²) in [6.45, 7) is 3.34. The summed E-state index contributed by atoms with van der Waals surface area (Å²) in [4.78, 5) is 22.6. The molecule has 2 aromatic heterocycles. The first-order valence-corrected chi connectivity index (χ1v) is 7.56. The van der Waals surface area contributed by atoms with Crippen LogP contribution in [0.5, 0.6) is 5.75 Å². The fourth-order valence-electron chi connectivity index (χ4n) is 2.22. The van der Waals surface area contributed by atoms with Crippen molar-refractivity contribution in [3.05, 3.63) is 63.8 Å². The fraction of sp³-hybridized carbons (Fsp3) is 0.235. The Labute approximate surface area is 142 Å². The zero-order chi connectivity index (χ0) is 18.2. The summed E-state index contributed by atoms with van der Waals surface area (Å²) in [6.07, 6.45) is 1.85. The first kappa shape index (κ1) is 16.8. The number of nitrogens with zero attached hydrogens (tertiary/aromatic N) is 2. The van der Waals surface area contributed by atoms with Crippen molar-refractivity contribution in [1.29, 1.82) is 0 Å². The average Bonchev–Trinajstić information content (AvgIpc) is 2.99. The van der Waals surface area contributed by atoms with Gasteiger partial charge in [0, 0.05) is 6.42 Å². The van der Waals surface area contributed by atoms with Gasteiger partial charge in [0.15, 0.2) is 5.69 Å². The van der Waals surface area contributed by atoms with Crippen LogP contribution >= 0.6 is 0 Å². The maximum absolute atomic E-state index is 13.0.